The van der Waals surface area contributed by atoms with Crippen molar-refractivity contribution in [1.82, 2.24) is 0 Å². The fourth-order valence-electron chi connectivity index (χ4n) is 2.17. The molecule has 0 fully saturated rings. The third-order valence-electron chi connectivity index (χ3n) is 3.24. The molecule has 2 aromatic carbocycles. The van der Waals surface area contributed by atoms with Crippen LogP contribution in [0.2, 0.25) is 5.02 Å². The van der Waals surface area contributed by atoms with Crippen LogP contribution in [-0.2, 0) is 4.79 Å². The summed E-state index contributed by atoms with van der Waals surface area (Å²) in [4.78, 5) is 12.0. The van der Waals surface area contributed by atoms with Crippen molar-refractivity contribution in [2.45, 2.75) is 12.8 Å². The standard InChI is InChI=1S/C16H11BClF2NOS/c1-8(22)14(10-6-5-9(19)7-11(10)17)16(23)21-15-12(18)3-2-4-13(15)20/h2-7,14H,1H3,(H,21,23). The molecule has 0 spiro atoms. The molecule has 0 aromatic heterocycles. The number of halogens is 3. The van der Waals surface area contributed by atoms with Gasteiger partial charge in [0.2, 0.25) is 0 Å². The van der Waals surface area contributed by atoms with Crippen LogP contribution in [0.15, 0.2) is 36.4 Å². The van der Waals surface area contributed by atoms with Crippen molar-refractivity contribution in [3.63, 3.8) is 0 Å². The second-order valence-electron chi connectivity index (χ2n) is 4.90. The molecule has 0 aliphatic heterocycles. The quantitative estimate of drug-likeness (QED) is 0.676. The van der Waals surface area contributed by atoms with Crippen LogP contribution < -0.4 is 10.8 Å². The van der Waals surface area contributed by atoms with Crippen LogP contribution in [0.5, 0.6) is 0 Å². The number of hydrogen-bond donors (Lipinski definition) is 1. The van der Waals surface area contributed by atoms with E-state index in [2.05, 4.69) is 5.32 Å². The summed E-state index contributed by atoms with van der Waals surface area (Å²) in [6.45, 7) is 1.32. The first-order valence-corrected chi connectivity index (χ1v) is 7.40. The molecule has 2 radical (unpaired) electrons. The fourth-order valence-corrected chi connectivity index (χ4v) is 2.77. The third kappa shape index (κ3) is 3.95. The lowest BCUT2D eigenvalue weighted by Crippen LogP contribution is -2.29. The SMILES string of the molecule is [B]c1cc(F)ccc1C(C(C)=O)C(=S)Nc1c(F)cccc1Cl. The Kier molecular flexibility index (Phi) is 5.49. The Hall–Kier alpha value is -1.79. The number of hydrogen-bond acceptors (Lipinski definition) is 2. The van der Waals surface area contributed by atoms with Gasteiger partial charge in [0.05, 0.1) is 21.6 Å². The van der Waals surface area contributed by atoms with Crippen LogP contribution in [0.25, 0.3) is 0 Å². The number of rotatable bonds is 4. The summed E-state index contributed by atoms with van der Waals surface area (Å²) >= 11 is 11.2. The Morgan fingerprint density at radius 2 is 2.00 bits per heavy atom. The molecule has 0 aliphatic carbocycles. The van der Waals surface area contributed by atoms with Crippen molar-refractivity contribution < 1.29 is 13.6 Å². The van der Waals surface area contributed by atoms with Gasteiger partial charge in [-0.1, -0.05) is 41.4 Å². The lowest BCUT2D eigenvalue weighted by atomic mass is 9.82. The summed E-state index contributed by atoms with van der Waals surface area (Å²) in [5, 5.41) is 2.78. The van der Waals surface area contributed by atoms with E-state index in [1.807, 2.05) is 0 Å². The minimum atomic E-state index is -0.929. The van der Waals surface area contributed by atoms with E-state index in [-0.39, 0.29) is 26.9 Å². The van der Waals surface area contributed by atoms with Crippen LogP contribution in [-0.4, -0.2) is 18.6 Å². The average molecular weight is 350 g/mol. The molecule has 1 unspecified atom stereocenters. The maximum absolute atomic E-state index is 13.8. The zero-order valence-electron chi connectivity index (χ0n) is 12.1. The minimum absolute atomic E-state index is 0.0221. The van der Waals surface area contributed by atoms with E-state index in [0.29, 0.717) is 5.56 Å². The molecule has 0 saturated carbocycles. The highest BCUT2D eigenvalue weighted by Crippen LogP contribution is 2.27. The third-order valence-corrected chi connectivity index (χ3v) is 3.89. The van der Waals surface area contributed by atoms with Crippen molar-refractivity contribution in [3.05, 3.63) is 58.6 Å². The number of anilines is 1. The zero-order valence-corrected chi connectivity index (χ0v) is 13.6. The van der Waals surface area contributed by atoms with Crippen molar-refractivity contribution in [2.75, 3.05) is 5.32 Å². The highest BCUT2D eigenvalue weighted by molar-refractivity contribution is 7.80. The van der Waals surface area contributed by atoms with Crippen LogP contribution in [0.3, 0.4) is 0 Å². The van der Waals surface area contributed by atoms with Crippen molar-refractivity contribution in [2.24, 2.45) is 0 Å². The zero-order chi connectivity index (χ0) is 17.1. The van der Waals surface area contributed by atoms with Crippen molar-refractivity contribution in [1.29, 1.82) is 0 Å². The van der Waals surface area contributed by atoms with E-state index in [4.69, 9.17) is 31.7 Å². The normalized spacial score (nSPS) is 11.8. The summed E-state index contributed by atoms with van der Waals surface area (Å²) in [5.41, 5.74) is 0.420. The average Bonchev–Trinajstić information content (AvgIpc) is 2.45. The number of Topliss-reactive ketones (excluding diaryl/α,β-unsaturated/α-hetero) is 1. The molecule has 0 saturated heterocycles. The molecule has 0 amide bonds. The Bertz CT molecular complexity index is 764. The van der Waals surface area contributed by atoms with Gasteiger partial charge in [-0.2, -0.15) is 0 Å². The fraction of sp³-hybridized carbons (Fsp3) is 0.125. The predicted molar refractivity (Wildman–Crippen MR) is 92.8 cm³/mol. The second-order valence-corrected chi connectivity index (χ2v) is 5.75. The Labute approximate surface area is 144 Å². The van der Waals surface area contributed by atoms with E-state index < -0.39 is 17.6 Å². The molecule has 0 heterocycles. The van der Waals surface area contributed by atoms with Crippen LogP contribution >= 0.6 is 23.8 Å². The minimum Gasteiger partial charge on any atom is -0.346 e. The number of nitrogens with one attached hydrogen (secondary N) is 1. The lowest BCUT2D eigenvalue weighted by Gasteiger charge is -2.20. The molecule has 1 atom stereocenters. The topological polar surface area (TPSA) is 29.1 Å². The molecule has 2 nitrogen and oxygen atoms in total. The molecule has 23 heavy (non-hydrogen) atoms. The van der Waals surface area contributed by atoms with Gasteiger partial charge in [-0.25, -0.2) is 8.78 Å². The van der Waals surface area contributed by atoms with Gasteiger partial charge >= 0.3 is 0 Å². The molecule has 116 valence electrons. The Morgan fingerprint density at radius 3 is 2.57 bits per heavy atom. The van der Waals surface area contributed by atoms with E-state index in [1.54, 1.807) is 0 Å². The van der Waals surface area contributed by atoms with Crippen LogP contribution in [0.1, 0.15) is 18.4 Å². The first-order chi connectivity index (χ1) is 10.8. The lowest BCUT2D eigenvalue weighted by molar-refractivity contribution is -0.117. The molecule has 7 heteroatoms. The highest BCUT2D eigenvalue weighted by atomic mass is 35.5. The largest absolute Gasteiger partial charge is 0.346 e. The summed E-state index contributed by atoms with van der Waals surface area (Å²) < 4.78 is 27.0. The van der Waals surface area contributed by atoms with Gasteiger partial charge in [0.15, 0.2) is 0 Å². The summed E-state index contributed by atoms with van der Waals surface area (Å²) in [6.07, 6.45) is 0. The predicted octanol–water partition coefficient (Wildman–Crippen LogP) is 3.52. The molecular formula is C16H11BClF2NOS. The van der Waals surface area contributed by atoms with Gasteiger partial charge in [-0.15, -0.1) is 0 Å². The van der Waals surface area contributed by atoms with Gasteiger partial charge in [0, 0.05) is 0 Å². The van der Waals surface area contributed by atoms with Gasteiger partial charge < -0.3 is 5.32 Å². The van der Waals surface area contributed by atoms with E-state index in [9.17, 15) is 13.6 Å². The monoisotopic (exact) mass is 349 g/mol. The van der Waals surface area contributed by atoms with Gasteiger partial charge in [0.1, 0.15) is 25.3 Å². The van der Waals surface area contributed by atoms with E-state index in [1.165, 1.54) is 37.3 Å². The highest BCUT2D eigenvalue weighted by Gasteiger charge is 2.25. The van der Waals surface area contributed by atoms with Crippen molar-refractivity contribution >= 4 is 53.6 Å². The number of benzene rings is 2. The van der Waals surface area contributed by atoms with Crippen molar-refractivity contribution in [3.8, 4) is 0 Å². The molecule has 1 N–H and O–H groups in total. The number of para-hydroxylation sites is 1. The van der Waals surface area contributed by atoms with E-state index in [0.717, 1.165) is 6.07 Å². The smallest absolute Gasteiger partial charge is 0.148 e. The van der Waals surface area contributed by atoms with Crippen LogP contribution in [0, 0.1) is 11.6 Å². The summed E-state index contributed by atoms with van der Waals surface area (Å²) in [5.74, 6) is -2.37. The molecule has 0 aliphatic rings. The Balaban J connectivity index is 2.38. The summed E-state index contributed by atoms with van der Waals surface area (Å²) in [7, 11) is 5.77. The Morgan fingerprint density at radius 1 is 1.30 bits per heavy atom. The van der Waals surface area contributed by atoms with E-state index >= 15 is 0 Å². The van der Waals surface area contributed by atoms with Crippen LogP contribution in [0.4, 0.5) is 14.5 Å². The first-order valence-electron chi connectivity index (χ1n) is 6.61. The number of thiocarbonyl (C=S) groups is 1. The maximum Gasteiger partial charge on any atom is 0.148 e. The molecule has 2 rings (SSSR count). The van der Waals surface area contributed by atoms with Gasteiger partial charge in [0.25, 0.3) is 0 Å². The number of carbonyl (C=O) groups excluding carboxylic acids is 1. The number of carbonyl (C=O) groups is 1. The first kappa shape index (κ1) is 17.6. The second kappa shape index (κ2) is 7.19. The molecule has 0 bridgehead atoms. The van der Waals surface area contributed by atoms with Gasteiger partial charge in [-0.3, -0.25) is 4.79 Å². The molecule has 2 aromatic rings. The van der Waals surface area contributed by atoms with Gasteiger partial charge in [-0.05, 0) is 36.8 Å². The summed E-state index contributed by atoms with van der Waals surface area (Å²) in [6, 6.07) is 7.82. The molecular weight excluding hydrogens is 339 g/mol. The maximum atomic E-state index is 13.8. The number of ketones is 1.